The van der Waals surface area contributed by atoms with Crippen molar-refractivity contribution in [2.75, 3.05) is 0 Å². The van der Waals surface area contributed by atoms with Crippen LogP contribution in [-0.2, 0) is 5.41 Å². The maximum Gasteiger partial charge on any atom is 0.139 e. The summed E-state index contributed by atoms with van der Waals surface area (Å²) in [5.74, 6) is 0. The van der Waals surface area contributed by atoms with Gasteiger partial charge < -0.3 is 4.42 Å². The first-order valence-electron chi connectivity index (χ1n) is 6.25. The summed E-state index contributed by atoms with van der Waals surface area (Å²) in [6.45, 7) is 8.60. The Kier molecular flexibility index (Phi) is 2.24. The Morgan fingerprint density at radius 3 is 2.61 bits per heavy atom. The maximum absolute atomic E-state index is 6.05. The van der Waals surface area contributed by atoms with E-state index in [0.29, 0.717) is 0 Å². The molecule has 1 aromatic carbocycles. The molecule has 0 N–H and O–H groups in total. The third kappa shape index (κ3) is 1.60. The van der Waals surface area contributed by atoms with Crippen LogP contribution in [0.25, 0.3) is 21.9 Å². The van der Waals surface area contributed by atoms with Crippen molar-refractivity contribution in [2.45, 2.75) is 33.1 Å². The molecule has 0 aliphatic rings. The van der Waals surface area contributed by atoms with E-state index in [1.807, 2.05) is 19.2 Å². The lowest BCUT2D eigenvalue weighted by molar-refractivity contribution is 0.572. The SMILES string of the molecule is Cc1cc2oc3c(C(C)(C)C)cccc3c2cn1. The van der Waals surface area contributed by atoms with Crippen molar-refractivity contribution in [2.24, 2.45) is 0 Å². The van der Waals surface area contributed by atoms with E-state index in [0.717, 1.165) is 27.6 Å². The molecule has 92 valence electrons. The van der Waals surface area contributed by atoms with Crippen molar-refractivity contribution in [1.82, 2.24) is 4.98 Å². The first kappa shape index (κ1) is 11.3. The van der Waals surface area contributed by atoms with Gasteiger partial charge in [0.25, 0.3) is 0 Å². The zero-order chi connectivity index (χ0) is 12.9. The zero-order valence-electron chi connectivity index (χ0n) is 11.2. The van der Waals surface area contributed by atoms with Gasteiger partial charge in [-0.3, -0.25) is 4.98 Å². The number of rotatable bonds is 0. The first-order valence-corrected chi connectivity index (χ1v) is 6.25. The molecule has 0 bridgehead atoms. The van der Waals surface area contributed by atoms with Crippen molar-refractivity contribution in [3.05, 3.63) is 41.7 Å². The Hall–Kier alpha value is -1.83. The van der Waals surface area contributed by atoms with E-state index in [9.17, 15) is 0 Å². The normalized spacial score (nSPS) is 12.4. The molecular formula is C16H17NO. The van der Waals surface area contributed by atoms with Crippen LogP contribution in [0.1, 0.15) is 32.0 Å². The molecule has 0 saturated carbocycles. The predicted octanol–water partition coefficient (Wildman–Crippen LogP) is 4.59. The number of hydrogen-bond acceptors (Lipinski definition) is 2. The second-order valence-corrected chi connectivity index (χ2v) is 5.86. The standard InChI is InChI=1S/C16H17NO/c1-10-8-14-12(9-17-10)11-6-5-7-13(15(11)18-14)16(2,3)4/h5-9H,1-4H3. The van der Waals surface area contributed by atoms with Gasteiger partial charge in [-0.1, -0.05) is 39.0 Å². The Bertz CT molecular complexity index is 732. The molecule has 0 spiro atoms. The van der Waals surface area contributed by atoms with Gasteiger partial charge in [-0.2, -0.15) is 0 Å². The quantitative estimate of drug-likeness (QED) is 0.573. The monoisotopic (exact) mass is 239 g/mol. The van der Waals surface area contributed by atoms with E-state index in [2.05, 4.69) is 44.0 Å². The lowest BCUT2D eigenvalue weighted by atomic mass is 9.86. The molecule has 0 radical (unpaired) electrons. The third-order valence-electron chi connectivity index (χ3n) is 3.33. The molecular weight excluding hydrogens is 222 g/mol. The van der Waals surface area contributed by atoms with Gasteiger partial charge in [0.2, 0.25) is 0 Å². The van der Waals surface area contributed by atoms with E-state index >= 15 is 0 Å². The molecule has 2 aromatic heterocycles. The molecule has 0 unspecified atom stereocenters. The molecule has 2 nitrogen and oxygen atoms in total. The zero-order valence-corrected chi connectivity index (χ0v) is 11.2. The lowest BCUT2D eigenvalue weighted by Gasteiger charge is -2.18. The van der Waals surface area contributed by atoms with Gasteiger partial charge in [-0.15, -0.1) is 0 Å². The fraction of sp³-hybridized carbons (Fsp3) is 0.312. The number of para-hydroxylation sites is 1. The Labute approximate surface area is 107 Å². The molecule has 0 amide bonds. The fourth-order valence-corrected chi connectivity index (χ4v) is 2.38. The van der Waals surface area contributed by atoms with E-state index in [4.69, 9.17) is 4.42 Å². The molecule has 0 aliphatic carbocycles. The minimum absolute atomic E-state index is 0.0792. The van der Waals surface area contributed by atoms with Crippen LogP contribution in [0.15, 0.2) is 34.9 Å². The number of hydrogen-bond donors (Lipinski definition) is 0. The second kappa shape index (κ2) is 3.58. The van der Waals surface area contributed by atoms with Gasteiger partial charge in [0.15, 0.2) is 0 Å². The summed E-state index contributed by atoms with van der Waals surface area (Å²) in [5, 5.41) is 2.26. The van der Waals surface area contributed by atoms with Crippen molar-refractivity contribution < 1.29 is 4.42 Å². The second-order valence-electron chi connectivity index (χ2n) is 5.86. The smallest absolute Gasteiger partial charge is 0.139 e. The average molecular weight is 239 g/mol. The minimum atomic E-state index is 0.0792. The number of aromatic nitrogens is 1. The number of nitrogens with zero attached hydrogens (tertiary/aromatic N) is 1. The molecule has 0 fully saturated rings. The molecule has 18 heavy (non-hydrogen) atoms. The highest BCUT2D eigenvalue weighted by Gasteiger charge is 2.20. The van der Waals surface area contributed by atoms with Crippen molar-refractivity contribution in [3.63, 3.8) is 0 Å². The lowest BCUT2D eigenvalue weighted by Crippen LogP contribution is -2.10. The highest BCUT2D eigenvalue weighted by molar-refractivity contribution is 6.05. The van der Waals surface area contributed by atoms with Crippen LogP contribution >= 0.6 is 0 Å². The number of furan rings is 1. The molecule has 2 heterocycles. The Morgan fingerprint density at radius 1 is 1.11 bits per heavy atom. The molecule has 0 saturated heterocycles. The van der Waals surface area contributed by atoms with Crippen LogP contribution in [-0.4, -0.2) is 4.98 Å². The summed E-state index contributed by atoms with van der Waals surface area (Å²) in [5.41, 5.74) is 4.23. The summed E-state index contributed by atoms with van der Waals surface area (Å²) in [7, 11) is 0. The van der Waals surface area contributed by atoms with Gasteiger partial charge in [-0.25, -0.2) is 0 Å². The highest BCUT2D eigenvalue weighted by atomic mass is 16.3. The highest BCUT2D eigenvalue weighted by Crippen LogP contribution is 2.35. The third-order valence-corrected chi connectivity index (χ3v) is 3.33. The Morgan fingerprint density at radius 2 is 1.89 bits per heavy atom. The Balaban J connectivity index is 2.46. The van der Waals surface area contributed by atoms with E-state index < -0.39 is 0 Å². The maximum atomic E-state index is 6.05. The van der Waals surface area contributed by atoms with E-state index in [1.165, 1.54) is 5.56 Å². The van der Waals surface area contributed by atoms with Crippen molar-refractivity contribution in [3.8, 4) is 0 Å². The van der Waals surface area contributed by atoms with Crippen LogP contribution in [0.3, 0.4) is 0 Å². The molecule has 3 aromatic rings. The van der Waals surface area contributed by atoms with Gasteiger partial charge in [0, 0.05) is 34.3 Å². The number of fused-ring (bicyclic) bond motifs is 3. The minimum Gasteiger partial charge on any atom is -0.456 e. The van der Waals surface area contributed by atoms with Crippen LogP contribution in [0.5, 0.6) is 0 Å². The first-order chi connectivity index (χ1) is 8.47. The summed E-state index contributed by atoms with van der Waals surface area (Å²) in [6, 6.07) is 8.35. The van der Waals surface area contributed by atoms with Crippen LogP contribution < -0.4 is 0 Å². The average Bonchev–Trinajstić information content (AvgIpc) is 2.64. The largest absolute Gasteiger partial charge is 0.456 e. The topological polar surface area (TPSA) is 26.0 Å². The van der Waals surface area contributed by atoms with E-state index in [1.54, 1.807) is 0 Å². The van der Waals surface area contributed by atoms with E-state index in [-0.39, 0.29) is 5.41 Å². The van der Waals surface area contributed by atoms with Crippen LogP contribution in [0.2, 0.25) is 0 Å². The molecule has 0 atom stereocenters. The van der Waals surface area contributed by atoms with Gasteiger partial charge >= 0.3 is 0 Å². The molecule has 2 heteroatoms. The van der Waals surface area contributed by atoms with Gasteiger partial charge in [0.1, 0.15) is 11.2 Å². The summed E-state index contributed by atoms with van der Waals surface area (Å²) in [4.78, 5) is 4.36. The van der Waals surface area contributed by atoms with Gasteiger partial charge in [0.05, 0.1) is 0 Å². The molecule has 0 aliphatic heterocycles. The van der Waals surface area contributed by atoms with Crippen molar-refractivity contribution in [1.29, 1.82) is 0 Å². The van der Waals surface area contributed by atoms with Crippen molar-refractivity contribution >= 4 is 21.9 Å². The summed E-state index contributed by atoms with van der Waals surface area (Å²) >= 11 is 0. The molecule has 3 rings (SSSR count). The predicted molar refractivity (Wildman–Crippen MR) is 75.0 cm³/mol. The summed E-state index contributed by atoms with van der Waals surface area (Å²) in [6.07, 6.45) is 1.91. The van der Waals surface area contributed by atoms with Crippen LogP contribution in [0.4, 0.5) is 0 Å². The van der Waals surface area contributed by atoms with Crippen LogP contribution in [0, 0.1) is 6.92 Å². The fourth-order valence-electron chi connectivity index (χ4n) is 2.38. The van der Waals surface area contributed by atoms with Gasteiger partial charge in [-0.05, 0) is 12.3 Å². The summed E-state index contributed by atoms with van der Waals surface area (Å²) < 4.78 is 6.05. The number of benzene rings is 1. The number of pyridine rings is 1. The number of aryl methyl sites for hydroxylation is 1.